The van der Waals surface area contributed by atoms with Gasteiger partial charge in [0.15, 0.2) is 9.84 Å². The fraction of sp³-hybridized carbons (Fsp3) is 0.421. The van der Waals surface area contributed by atoms with Crippen molar-refractivity contribution in [3.8, 4) is 5.75 Å². The first kappa shape index (κ1) is 19.1. The fourth-order valence-corrected chi connectivity index (χ4v) is 4.65. The molecule has 1 atom stereocenters. The van der Waals surface area contributed by atoms with Gasteiger partial charge in [-0.1, -0.05) is 23.7 Å². The van der Waals surface area contributed by atoms with Crippen molar-refractivity contribution in [1.29, 1.82) is 0 Å². The van der Waals surface area contributed by atoms with Gasteiger partial charge in [0.1, 0.15) is 5.75 Å². The van der Waals surface area contributed by atoms with Crippen LogP contribution in [0.5, 0.6) is 5.75 Å². The summed E-state index contributed by atoms with van der Waals surface area (Å²) in [6.07, 6.45) is 4.67. The fourth-order valence-electron chi connectivity index (χ4n) is 3.49. The summed E-state index contributed by atoms with van der Waals surface area (Å²) in [6.45, 7) is 2.55. The molecule has 0 spiro atoms. The highest BCUT2D eigenvalue weighted by Crippen LogP contribution is 2.32. The molecule has 1 aliphatic rings. The van der Waals surface area contributed by atoms with Crippen molar-refractivity contribution < 1.29 is 13.2 Å². The zero-order valence-electron chi connectivity index (χ0n) is 15.0. The standard InChI is InChI=1S/C19H23ClN2O3S/c1-25-17-7-3-5-14(9-17)12-22-8-4-6-15(13-22)19-18(26(2,23)24)10-16(20)11-21-19/h3,5,7,9-11,15H,4,6,8,12-13H2,1-2H3. The monoisotopic (exact) mass is 394 g/mol. The number of benzene rings is 1. The Morgan fingerprint density at radius 3 is 2.88 bits per heavy atom. The second-order valence-corrected chi connectivity index (χ2v) is 9.16. The molecule has 1 aromatic carbocycles. The third-order valence-electron chi connectivity index (χ3n) is 4.68. The van der Waals surface area contributed by atoms with Crippen LogP contribution >= 0.6 is 11.6 Å². The highest BCUT2D eigenvalue weighted by Gasteiger charge is 2.27. The number of hydrogen-bond donors (Lipinski definition) is 0. The molecule has 1 unspecified atom stereocenters. The second kappa shape index (κ2) is 7.94. The number of pyridine rings is 1. The van der Waals surface area contributed by atoms with E-state index in [4.69, 9.17) is 16.3 Å². The summed E-state index contributed by atoms with van der Waals surface area (Å²) in [5.74, 6) is 0.922. The summed E-state index contributed by atoms with van der Waals surface area (Å²) in [5, 5.41) is 0.346. The minimum atomic E-state index is -3.37. The molecule has 3 rings (SSSR count). The Labute approximate surface area is 159 Å². The van der Waals surface area contributed by atoms with Gasteiger partial charge in [0.05, 0.1) is 22.7 Å². The number of piperidine rings is 1. The van der Waals surface area contributed by atoms with Crippen molar-refractivity contribution in [2.24, 2.45) is 0 Å². The molecule has 2 heterocycles. The number of nitrogens with zero attached hydrogens (tertiary/aromatic N) is 2. The van der Waals surface area contributed by atoms with E-state index < -0.39 is 9.84 Å². The number of hydrogen-bond acceptors (Lipinski definition) is 5. The Balaban J connectivity index is 1.81. The van der Waals surface area contributed by atoms with Crippen LogP contribution in [0.2, 0.25) is 5.02 Å². The topological polar surface area (TPSA) is 59.5 Å². The van der Waals surface area contributed by atoms with E-state index in [2.05, 4.69) is 16.0 Å². The van der Waals surface area contributed by atoms with E-state index in [1.54, 1.807) is 7.11 Å². The van der Waals surface area contributed by atoms with E-state index in [-0.39, 0.29) is 10.8 Å². The van der Waals surface area contributed by atoms with Gasteiger partial charge in [-0.2, -0.15) is 0 Å². The molecule has 0 N–H and O–H groups in total. The van der Waals surface area contributed by atoms with E-state index in [0.717, 1.165) is 38.2 Å². The first-order chi connectivity index (χ1) is 12.4. The maximum Gasteiger partial charge on any atom is 0.177 e. The highest BCUT2D eigenvalue weighted by molar-refractivity contribution is 7.90. The average Bonchev–Trinajstić information content (AvgIpc) is 2.61. The van der Waals surface area contributed by atoms with Gasteiger partial charge in [0.2, 0.25) is 0 Å². The van der Waals surface area contributed by atoms with Crippen LogP contribution in [0, 0.1) is 0 Å². The molecule has 1 saturated heterocycles. The number of ether oxygens (including phenoxy) is 1. The number of rotatable bonds is 5. The Morgan fingerprint density at radius 2 is 2.15 bits per heavy atom. The van der Waals surface area contributed by atoms with Crippen LogP contribution in [0.4, 0.5) is 0 Å². The first-order valence-corrected chi connectivity index (χ1v) is 10.8. The number of halogens is 1. The van der Waals surface area contributed by atoms with Gasteiger partial charge in [-0.3, -0.25) is 9.88 Å². The normalized spacial score (nSPS) is 18.7. The summed E-state index contributed by atoms with van der Waals surface area (Å²) >= 11 is 5.98. The van der Waals surface area contributed by atoms with Gasteiger partial charge < -0.3 is 4.74 Å². The third kappa shape index (κ3) is 4.55. The van der Waals surface area contributed by atoms with E-state index >= 15 is 0 Å². The molecule has 140 valence electrons. The zero-order chi connectivity index (χ0) is 18.7. The molecule has 0 amide bonds. The van der Waals surface area contributed by atoms with Gasteiger partial charge in [0.25, 0.3) is 0 Å². The number of methoxy groups -OCH3 is 1. The van der Waals surface area contributed by atoms with Crippen molar-refractivity contribution >= 4 is 21.4 Å². The highest BCUT2D eigenvalue weighted by atomic mass is 35.5. The Morgan fingerprint density at radius 1 is 1.35 bits per heavy atom. The van der Waals surface area contributed by atoms with Crippen molar-refractivity contribution in [3.05, 3.63) is 52.8 Å². The molecule has 0 aliphatic carbocycles. The van der Waals surface area contributed by atoms with Crippen LogP contribution in [0.1, 0.15) is 30.0 Å². The second-order valence-electron chi connectivity index (χ2n) is 6.73. The molecule has 0 radical (unpaired) electrons. The van der Waals surface area contributed by atoms with Crippen LogP contribution < -0.4 is 4.74 Å². The lowest BCUT2D eigenvalue weighted by Gasteiger charge is -2.33. The molecule has 26 heavy (non-hydrogen) atoms. The lowest BCUT2D eigenvalue weighted by Crippen LogP contribution is -2.34. The molecule has 0 saturated carbocycles. The van der Waals surface area contributed by atoms with Crippen LogP contribution in [0.25, 0.3) is 0 Å². The molecule has 2 aromatic rings. The quantitative estimate of drug-likeness (QED) is 0.776. The summed E-state index contributed by atoms with van der Waals surface area (Å²) in [7, 11) is -1.71. The SMILES string of the molecule is COc1cccc(CN2CCCC(c3ncc(Cl)cc3S(C)(=O)=O)C2)c1. The van der Waals surface area contributed by atoms with Gasteiger partial charge >= 0.3 is 0 Å². The molecular formula is C19H23ClN2O3S. The van der Waals surface area contributed by atoms with Gasteiger partial charge in [-0.15, -0.1) is 0 Å². The summed E-state index contributed by atoms with van der Waals surface area (Å²) in [5.41, 5.74) is 1.81. The van der Waals surface area contributed by atoms with Crippen LogP contribution in [0.3, 0.4) is 0 Å². The van der Waals surface area contributed by atoms with Crippen LogP contribution in [0.15, 0.2) is 41.4 Å². The van der Waals surface area contributed by atoms with Crippen LogP contribution in [-0.4, -0.2) is 44.8 Å². The summed E-state index contributed by atoms with van der Waals surface area (Å²) in [6, 6.07) is 9.54. The predicted molar refractivity (Wildman–Crippen MR) is 103 cm³/mol. The lowest BCUT2D eigenvalue weighted by atomic mass is 9.94. The third-order valence-corrected chi connectivity index (χ3v) is 6.01. The van der Waals surface area contributed by atoms with Gasteiger partial charge in [-0.25, -0.2) is 8.42 Å². The Bertz CT molecular complexity index is 886. The van der Waals surface area contributed by atoms with Crippen LogP contribution in [-0.2, 0) is 16.4 Å². The smallest absolute Gasteiger partial charge is 0.177 e. The molecule has 5 nitrogen and oxygen atoms in total. The minimum Gasteiger partial charge on any atom is -0.497 e. The van der Waals surface area contributed by atoms with Gasteiger partial charge in [0, 0.05) is 31.5 Å². The molecule has 1 aliphatic heterocycles. The number of sulfone groups is 1. The van der Waals surface area contributed by atoms with Crippen molar-refractivity contribution in [2.45, 2.75) is 30.2 Å². The van der Waals surface area contributed by atoms with Gasteiger partial charge in [-0.05, 0) is 43.1 Å². The predicted octanol–water partition coefficient (Wildman–Crippen LogP) is 3.53. The zero-order valence-corrected chi connectivity index (χ0v) is 16.6. The van der Waals surface area contributed by atoms with Crippen molar-refractivity contribution in [2.75, 3.05) is 26.5 Å². The summed E-state index contributed by atoms with van der Waals surface area (Å²) < 4.78 is 29.6. The molecule has 1 fully saturated rings. The van der Waals surface area contributed by atoms with E-state index in [1.165, 1.54) is 24.1 Å². The van der Waals surface area contributed by atoms with E-state index in [1.807, 2.05) is 18.2 Å². The summed E-state index contributed by atoms with van der Waals surface area (Å²) in [4.78, 5) is 6.97. The minimum absolute atomic E-state index is 0.0800. The maximum atomic E-state index is 12.2. The number of aromatic nitrogens is 1. The van der Waals surface area contributed by atoms with Crippen molar-refractivity contribution in [3.63, 3.8) is 0 Å². The van der Waals surface area contributed by atoms with Crippen molar-refractivity contribution in [1.82, 2.24) is 9.88 Å². The van der Waals surface area contributed by atoms with E-state index in [9.17, 15) is 8.42 Å². The molecular weight excluding hydrogens is 372 g/mol. The Kier molecular flexibility index (Phi) is 5.85. The average molecular weight is 395 g/mol. The lowest BCUT2D eigenvalue weighted by molar-refractivity contribution is 0.197. The molecule has 7 heteroatoms. The molecule has 1 aromatic heterocycles. The largest absolute Gasteiger partial charge is 0.497 e. The Hall–Kier alpha value is -1.63. The number of likely N-dealkylation sites (tertiary alicyclic amines) is 1. The first-order valence-electron chi connectivity index (χ1n) is 8.57. The van der Waals surface area contributed by atoms with E-state index in [0.29, 0.717) is 10.7 Å². The maximum absolute atomic E-state index is 12.2. The molecule has 0 bridgehead atoms.